The van der Waals surface area contributed by atoms with Gasteiger partial charge in [0.05, 0.1) is 11.8 Å². The number of nitrogens with zero attached hydrogens (tertiary/aromatic N) is 2. The van der Waals surface area contributed by atoms with Gasteiger partial charge in [-0.2, -0.15) is 5.10 Å². The molecule has 0 radical (unpaired) electrons. The molecule has 152 valence electrons. The summed E-state index contributed by atoms with van der Waals surface area (Å²) in [5.74, 6) is 1.45. The summed E-state index contributed by atoms with van der Waals surface area (Å²) in [6.07, 6.45) is 0.643. The zero-order valence-corrected chi connectivity index (χ0v) is 19.1. The predicted molar refractivity (Wildman–Crippen MR) is 125 cm³/mol. The van der Waals surface area contributed by atoms with Crippen LogP contribution in [-0.2, 0) is 0 Å². The van der Waals surface area contributed by atoms with E-state index in [1.54, 1.807) is 0 Å². The van der Waals surface area contributed by atoms with E-state index in [1.807, 2.05) is 6.07 Å². The molecule has 4 heteroatoms. The molecule has 0 amide bonds. The van der Waals surface area contributed by atoms with E-state index in [0.717, 1.165) is 27.9 Å². The third kappa shape index (κ3) is 3.43. The molecule has 0 fully saturated rings. The fraction of sp³-hybridized carbons (Fsp3) is 0.269. The van der Waals surface area contributed by atoms with E-state index < -0.39 is 0 Å². The van der Waals surface area contributed by atoms with Crippen LogP contribution in [0.1, 0.15) is 66.3 Å². The molecule has 30 heavy (non-hydrogen) atoms. The zero-order valence-electron chi connectivity index (χ0n) is 17.5. The molecule has 0 N–H and O–H groups in total. The molecular weight excluding hydrogens is 436 g/mol. The van der Waals surface area contributed by atoms with Crippen molar-refractivity contribution in [2.75, 3.05) is 0 Å². The van der Waals surface area contributed by atoms with Gasteiger partial charge < -0.3 is 4.74 Å². The van der Waals surface area contributed by atoms with E-state index in [-0.39, 0.29) is 12.3 Å². The monoisotopic (exact) mass is 460 g/mol. The summed E-state index contributed by atoms with van der Waals surface area (Å²) in [6, 6.07) is 23.9. The van der Waals surface area contributed by atoms with Crippen LogP contribution >= 0.6 is 15.9 Å². The van der Waals surface area contributed by atoms with Crippen molar-refractivity contribution in [2.24, 2.45) is 5.10 Å². The van der Waals surface area contributed by atoms with Crippen molar-refractivity contribution in [3.63, 3.8) is 0 Å². The van der Waals surface area contributed by atoms with Crippen LogP contribution in [0.5, 0.6) is 5.75 Å². The summed E-state index contributed by atoms with van der Waals surface area (Å²) in [6.45, 7) is 6.55. The van der Waals surface area contributed by atoms with Crippen molar-refractivity contribution in [2.45, 2.75) is 45.4 Å². The summed E-state index contributed by atoms with van der Waals surface area (Å²) in [5.41, 5.74) is 7.20. The Morgan fingerprint density at radius 2 is 1.73 bits per heavy atom. The molecule has 3 aromatic rings. The summed E-state index contributed by atoms with van der Waals surface area (Å²) in [4.78, 5) is 0. The number of rotatable bonds is 3. The van der Waals surface area contributed by atoms with Gasteiger partial charge >= 0.3 is 0 Å². The Bertz CT molecular complexity index is 1100. The first-order valence-electron chi connectivity index (χ1n) is 10.5. The number of hydrogen-bond donors (Lipinski definition) is 0. The highest BCUT2D eigenvalue weighted by molar-refractivity contribution is 9.10. The predicted octanol–water partition coefficient (Wildman–Crippen LogP) is 7.12. The summed E-state index contributed by atoms with van der Waals surface area (Å²) >= 11 is 3.63. The molecular formula is C26H25BrN2O. The molecule has 3 aromatic carbocycles. The SMILES string of the molecule is Cc1ccc(C2=NN3[C@H](C2)c2cc(Br)ccc2O[C@@H]3c2ccc(C(C)C)cc2)cc1. The van der Waals surface area contributed by atoms with Gasteiger partial charge in [0.2, 0.25) is 6.23 Å². The fourth-order valence-electron chi connectivity index (χ4n) is 4.24. The molecule has 2 aliphatic rings. The minimum atomic E-state index is -0.229. The Morgan fingerprint density at radius 3 is 2.43 bits per heavy atom. The first-order valence-corrected chi connectivity index (χ1v) is 11.3. The van der Waals surface area contributed by atoms with Crippen molar-refractivity contribution in [3.05, 3.63) is 99.0 Å². The van der Waals surface area contributed by atoms with Crippen molar-refractivity contribution in [1.29, 1.82) is 0 Å². The van der Waals surface area contributed by atoms with Crippen molar-refractivity contribution in [3.8, 4) is 5.75 Å². The highest BCUT2D eigenvalue weighted by atomic mass is 79.9. The second-order valence-electron chi connectivity index (χ2n) is 8.49. The number of halogens is 1. The average molecular weight is 461 g/mol. The Labute approximate surface area is 186 Å². The highest BCUT2D eigenvalue weighted by Gasteiger charge is 2.41. The zero-order chi connectivity index (χ0) is 20.8. The first-order chi connectivity index (χ1) is 14.5. The maximum Gasteiger partial charge on any atom is 0.213 e. The molecule has 2 heterocycles. The van der Waals surface area contributed by atoms with Crippen LogP contribution in [-0.4, -0.2) is 10.7 Å². The van der Waals surface area contributed by atoms with Crippen molar-refractivity contribution in [1.82, 2.24) is 5.01 Å². The lowest BCUT2D eigenvalue weighted by atomic mass is 9.95. The lowest BCUT2D eigenvalue weighted by molar-refractivity contribution is -0.0190. The van der Waals surface area contributed by atoms with Gasteiger partial charge in [0, 0.05) is 22.0 Å². The Morgan fingerprint density at radius 1 is 1.00 bits per heavy atom. The highest BCUT2D eigenvalue weighted by Crippen LogP contribution is 2.48. The first kappa shape index (κ1) is 19.4. The molecule has 0 spiro atoms. The van der Waals surface area contributed by atoms with Crippen LogP contribution in [0.15, 0.2) is 76.3 Å². The van der Waals surface area contributed by atoms with Gasteiger partial charge in [0.25, 0.3) is 0 Å². The molecule has 2 aliphatic heterocycles. The van der Waals surface area contributed by atoms with E-state index in [9.17, 15) is 0 Å². The quantitative estimate of drug-likeness (QED) is 0.415. The number of ether oxygens (including phenoxy) is 1. The smallest absolute Gasteiger partial charge is 0.213 e. The van der Waals surface area contributed by atoms with E-state index in [4.69, 9.17) is 9.84 Å². The second kappa shape index (κ2) is 7.59. The van der Waals surface area contributed by atoms with Crippen LogP contribution in [0.4, 0.5) is 0 Å². The number of hydrogen-bond acceptors (Lipinski definition) is 3. The normalized spacial score (nSPS) is 19.9. The maximum absolute atomic E-state index is 6.49. The molecule has 0 saturated carbocycles. The second-order valence-corrected chi connectivity index (χ2v) is 9.40. The third-order valence-electron chi connectivity index (χ3n) is 6.02. The lowest BCUT2D eigenvalue weighted by Gasteiger charge is -2.38. The standard InChI is InChI=1S/C26H25BrN2O/c1-16(2)18-8-10-20(11-9-18)26-29-24(22-14-21(27)12-13-25(22)30-26)15-23(28-29)19-6-4-17(3)5-7-19/h4-14,16,24,26H,15H2,1-3H3/t24-,26-/m1/s1. The van der Waals surface area contributed by atoms with Gasteiger partial charge in [-0.25, -0.2) is 5.01 Å². The van der Waals surface area contributed by atoms with E-state index in [1.165, 1.54) is 22.3 Å². The maximum atomic E-state index is 6.49. The third-order valence-corrected chi connectivity index (χ3v) is 6.52. The molecule has 0 aliphatic carbocycles. The van der Waals surface area contributed by atoms with Crippen molar-refractivity contribution < 1.29 is 4.74 Å². The summed E-state index contributed by atoms with van der Waals surface area (Å²) < 4.78 is 7.55. The minimum Gasteiger partial charge on any atom is -0.464 e. The van der Waals surface area contributed by atoms with Crippen LogP contribution in [0, 0.1) is 6.92 Å². The largest absolute Gasteiger partial charge is 0.464 e. The lowest BCUT2D eigenvalue weighted by Crippen LogP contribution is -2.33. The van der Waals surface area contributed by atoms with Crippen LogP contribution < -0.4 is 4.74 Å². The fourth-order valence-corrected chi connectivity index (χ4v) is 4.62. The molecule has 5 rings (SSSR count). The number of fused-ring (bicyclic) bond motifs is 3. The van der Waals surface area contributed by atoms with Gasteiger partial charge in [0.1, 0.15) is 5.75 Å². The Kier molecular flexibility index (Phi) is 4.90. The summed E-state index contributed by atoms with van der Waals surface area (Å²) in [7, 11) is 0. The Balaban J connectivity index is 1.57. The van der Waals surface area contributed by atoms with Gasteiger partial charge in [0.15, 0.2) is 0 Å². The van der Waals surface area contributed by atoms with Gasteiger partial charge in [-0.05, 0) is 42.2 Å². The molecule has 0 unspecified atom stereocenters. The van der Waals surface area contributed by atoms with Gasteiger partial charge in [-0.3, -0.25) is 0 Å². The van der Waals surface area contributed by atoms with Crippen LogP contribution in [0.3, 0.4) is 0 Å². The van der Waals surface area contributed by atoms with Crippen molar-refractivity contribution >= 4 is 21.6 Å². The number of hydrazone groups is 1. The van der Waals surface area contributed by atoms with Gasteiger partial charge in [-0.15, -0.1) is 0 Å². The van der Waals surface area contributed by atoms with E-state index >= 15 is 0 Å². The Hall–Kier alpha value is -2.59. The van der Waals surface area contributed by atoms with E-state index in [2.05, 4.69) is 102 Å². The number of aryl methyl sites for hydroxylation is 1. The average Bonchev–Trinajstić information content (AvgIpc) is 3.19. The van der Waals surface area contributed by atoms with E-state index in [0.29, 0.717) is 5.92 Å². The summed E-state index contributed by atoms with van der Waals surface area (Å²) in [5, 5.41) is 7.21. The topological polar surface area (TPSA) is 24.8 Å². The van der Waals surface area contributed by atoms with Crippen LogP contribution in [0.2, 0.25) is 0 Å². The molecule has 0 bridgehead atoms. The molecule has 2 atom stereocenters. The molecule has 0 saturated heterocycles. The number of benzene rings is 3. The van der Waals surface area contributed by atoms with Gasteiger partial charge in [-0.1, -0.05) is 83.9 Å². The molecule has 0 aromatic heterocycles. The molecule has 3 nitrogen and oxygen atoms in total. The minimum absolute atomic E-state index is 0.164. The van der Waals surface area contributed by atoms with Crippen LogP contribution in [0.25, 0.3) is 0 Å².